The highest BCUT2D eigenvalue weighted by Gasteiger charge is 2.40. The number of carbonyl (C=O) groups excluding carboxylic acids is 1. The predicted octanol–water partition coefficient (Wildman–Crippen LogP) is 3.70. The SMILES string of the molecule is C#CCOC(=O)CCC(C)(C#N)C1Sc2ccccc2S1. The van der Waals surface area contributed by atoms with Crippen LogP contribution < -0.4 is 0 Å². The molecule has 1 unspecified atom stereocenters. The van der Waals surface area contributed by atoms with Crippen molar-refractivity contribution in [1.82, 2.24) is 0 Å². The van der Waals surface area contributed by atoms with Crippen molar-refractivity contribution in [3.8, 4) is 18.4 Å². The number of rotatable bonds is 5. The molecule has 21 heavy (non-hydrogen) atoms. The Bertz CT molecular complexity index is 592. The standard InChI is InChI=1S/C16H15NO2S2/c1-3-10-19-14(18)8-9-16(2,11-17)15-20-12-6-4-5-7-13(12)21-15/h1,4-7,15H,8-10H2,2H3. The summed E-state index contributed by atoms with van der Waals surface area (Å²) in [5.74, 6) is 1.91. The van der Waals surface area contributed by atoms with Gasteiger partial charge in [-0.2, -0.15) is 5.26 Å². The molecule has 3 nitrogen and oxygen atoms in total. The van der Waals surface area contributed by atoms with E-state index in [9.17, 15) is 10.1 Å². The van der Waals surface area contributed by atoms with Crippen molar-refractivity contribution in [3.05, 3.63) is 24.3 Å². The fourth-order valence-electron chi connectivity index (χ4n) is 1.94. The molecule has 0 saturated carbocycles. The number of nitrogens with zero attached hydrogens (tertiary/aromatic N) is 1. The Morgan fingerprint density at radius 2 is 2.05 bits per heavy atom. The zero-order valence-corrected chi connectivity index (χ0v) is 13.3. The summed E-state index contributed by atoms with van der Waals surface area (Å²) in [4.78, 5) is 14.0. The van der Waals surface area contributed by atoms with Crippen LogP contribution in [0.5, 0.6) is 0 Å². The van der Waals surface area contributed by atoms with Gasteiger partial charge < -0.3 is 4.74 Å². The molecule has 1 aliphatic heterocycles. The molecule has 0 radical (unpaired) electrons. The number of fused-ring (bicyclic) bond motifs is 1. The molecular formula is C16H15NO2S2. The Morgan fingerprint density at radius 3 is 2.57 bits per heavy atom. The summed E-state index contributed by atoms with van der Waals surface area (Å²) in [7, 11) is 0. The first-order valence-electron chi connectivity index (χ1n) is 6.52. The van der Waals surface area contributed by atoms with Gasteiger partial charge in [-0.25, -0.2) is 0 Å². The minimum Gasteiger partial charge on any atom is -0.452 e. The summed E-state index contributed by atoms with van der Waals surface area (Å²) in [5, 5.41) is 9.55. The second-order valence-electron chi connectivity index (χ2n) is 4.91. The van der Waals surface area contributed by atoms with Gasteiger partial charge in [0.1, 0.15) is 0 Å². The summed E-state index contributed by atoms with van der Waals surface area (Å²) < 4.78 is 4.94. The lowest BCUT2D eigenvalue weighted by Crippen LogP contribution is -2.25. The quantitative estimate of drug-likeness (QED) is 0.612. The average Bonchev–Trinajstić information content (AvgIpc) is 2.95. The van der Waals surface area contributed by atoms with Crippen LogP contribution in [0.2, 0.25) is 0 Å². The van der Waals surface area contributed by atoms with E-state index in [4.69, 9.17) is 11.2 Å². The van der Waals surface area contributed by atoms with Crippen molar-refractivity contribution < 1.29 is 9.53 Å². The normalized spacial score (nSPS) is 16.3. The maximum Gasteiger partial charge on any atom is 0.306 e. The molecule has 0 aliphatic carbocycles. The number of ether oxygens (including phenoxy) is 1. The van der Waals surface area contributed by atoms with Crippen molar-refractivity contribution >= 4 is 29.5 Å². The molecule has 108 valence electrons. The van der Waals surface area contributed by atoms with Gasteiger partial charge in [0.05, 0.1) is 16.1 Å². The van der Waals surface area contributed by atoms with Crippen LogP contribution in [0.25, 0.3) is 0 Å². The number of carbonyl (C=O) groups is 1. The lowest BCUT2D eigenvalue weighted by Gasteiger charge is -2.26. The minimum absolute atomic E-state index is 0.0134. The van der Waals surface area contributed by atoms with E-state index in [0.29, 0.717) is 6.42 Å². The van der Waals surface area contributed by atoms with E-state index in [-0.39, 0.29) is 23.6 Å². The summed E-state index contributed by atoms with van der Waals surface area (Å²) in [6, 6.07) is 10.5. The lowest BCUT2D eigenvalue weighted by atomic mass is 9.89. The van der Waals surface area contributed by atoms with Gasteiger partial charge in [0.25, 0.3) is 0 Å². The molecule has 1 aromatic rings. The van der Waals surface area contributed by atoms with E-state index in [2.05, 4.69) is 24.1 Å². The van der Waals surface area contributed by atoms with Gasteiger partial charge in [-0.15, -0.1) is 29.9 Å². The van der Waals surface area contributed by atoms with Gasteiger partial charge in [0.2, 0.25) is 0 Å². The van der Waals surface area contributed by atoms with Gasteiger partial charge >= 0.3 is 5.97 Å². The largest absolute Gasteiger partial charge is 0.452 e. The molecule has 0 saturated heterocycles. The number of hydrogen-bond acceptors (Lipinski definition) is 5. The first-order valence-corrected chi connectivity index (χ1v) is 8.27. The number of hydrogen-bond donors (Lipinski definition) is 0. The molecule has 1 atom stereocenters. The number of nitriles is 1. The predicted molar refractivity (Wildman–Crippen MR) is 84.7 cm³/mol. The van der Waals surface area contributed by atoms with Crippen LogP contribution >= 0.6 is 23.5 Å². The van der Waals surface area contributed by atoms with Gasteiger partial charge in [0, 0.05) is 16.2 Å². The van der Waals surface area contributed by atoms with E-state index in [1.54, 1.807) is 23.5 Å². The zero-order chi connectivity index (χ0) is 15.3. The van der Waals surface area contributed by atoms with E-state index in [0.717, 1.165) is 0 Å². The van der Waals surface area contributed by atoms with Gasteiger partial charge in [-0.3, -0.25) is 4.79 Å². The zero-order valence-electron chi connectivity index (χ0n) is 11.7. The lowest BCUT2D eigenvalue weighted by molar-refractivity contribution is -0.142. The van der Waals surface area contributed by atoms with E-state index in [1.165, 1.54) is 9.79 Å². The van der Waals surface area contributed by atoms with Crippen molar-refractivity contribution in [2.45, 2.75) is 34.1 Å². The fourth-order valence-corrected chi connectivity index (χ4v) is 5.05. The fraction of sp³-hybridized carbons (Fsp3) is 0.375. The van der Waals surface area contributed by atoms with Crippen LogP contribution in [0, 0.1) is 29.1 Å². The highest BCUT2D eigenvalue weighted by molar-refractivity contribution is 8.19. The molecule has 0 spiro atoms. The Balaban J connectivity index is 1.98. The van der Waals surface area contributed by atoms with Crippen molar-refractivity contribution in [2.24, 2.45) is 5.41 Å². The molecule has 0 bridgehead atoms. The summed E-state index contributed by atoms with van der Waals surface area (Å²) >= 11 is 3.39. The van der Waals surface area contributed by atoms with Crippen LogP contribution in [0.4, 0.5) is 0 Å². The number of thioether (sulfide) groups is 2. The van der Waals surface area contributed by atoms with E-state index < -0.39 is 5.41 Å². The number of esters is 1. The molecule has 0 aromatic heterocycles. The highest BCUT2D eigenvalue weighted by atomic mass is 32.2. The summed E-state index contributed by atoms with van der Waals surface area (Å²) in [5.41, 5.74) is -0.594. The van der Waals surface area contributed by atoms with Crippen molar-refractivity contribution in [1.29, 1.82) is 5.26 Å². The molecule has 2 rings (SSSR count). The number of benzene rings is 1. The maximum absolute atomic E-state index is 11.6. The molecular weight excluding hydrogens is 302 g/mol. The smallest absolute Gasteiger partial charge is 0.306 e. The maximum atomic E-state index is 11.6. The van der Waals surface area contributed by atoms with Crippen LogP contribution in [0.1, 0.15) is 19.8 Å². The van der Waals surface area contributed by atoms with E-state index in [1.807, 2.05) is 19.1 Å². The van der Waals surface area contributed by atoms with Crippen LogP contribution in [-0.4, -0.2) is 17.2 Å². The van der Waals surface area contributed by atoms with Gasteiger partial charge in [-0.05, 0) is 25.5 Å². The summed E-state index contributed by atoms with van der Waals surface area (Å²) in [6.45, 7) is 1.89. The first kappa shape index (κ1) is 15.8. The van der Waals surface area contributed by atoms with Crippen LogP contribution in [0.15, 0.2) is 34.1 Å². The first-order chi connectivity index (χ1) is 10.1. The third kappa shape index (κ3) is 3.75. The topological polar surface area (TPSA) is 50.1 Å². The van der Waals surface area contributed by atoms with Crippen LogP contribution in [-0.2, 0) is 9.53 Å². The third-order valence-electron chi connectivity index (χ3n) is 3.26. The molecule has 0 amide bonds. The second-order valence-corrected chi connectivity index (χ2v) is 7.50. The molecule has 5 heteroatoms. The Morgan fingerprint density at radius 1 is 1.43 bits per heavy atom. The second kappa shape index (κ2) is 6.93. The van der Waals surface area contributed by atoms with Crippen LogP contribution in [0.3, 0.4) is 0 Å². The molecule has 1 aliphatic rings. The Labute approximate surface area is 133 Å². The molecule has 0 N–H and O–H groups in total. The minimum atomic E-state index is -0.594. The third-order valence-corrected chi connectivity index (χ3v) is 6.65. The van der Waals surface area contributed by atoms with E-state index >= 15 is 0 Å². The Kier molecular flexibility index (Phi) is 5.22. The molecule has 1 aromatic carbocycles. The molecule has 0 fully saturated rings. The average molecular weight is 317 g/mol. The Hall–Kier alpha value is -1.56. The van der Waals surface area contributed by atoms with Crippen molar-refractivity contribution in [2.75, 3.05) is 6.61 Å². The summed E-state index contributed by atoms with van der Waals surface area (Å²) in [6.07, 6.45) is 5.72. The highest BCUT2D eigenvalue weighted by Crippen LogP contribution is 2.55. The monoisotopic (exact) mass is 317 g/mol. The van der Waals surface area contributed by atoms with Gasteiger partial charge in [-0.1, -0.05) is 18.1 Å². The van der Waals surface area contributed by atoms with Gasteiger partial charge in [0.15, 0.2) is 6.61 Å². The number of terminal acetylenes is 1. The molecule has 1 heterocycles. The van der Waals surface area contributed by atoms with Crippen molar-refractivity contribution in [3.63, 3.8) is 0 Å².